The molecule has 0 spiro atoms. The van der Waals surface area contributed by atoms with Crippen LogP contribution in [0.3, 0.4) is 0 Å². The van der Waals surface area contributed by atoms with E-state index < -0.39 is 18.0 Å². The number of Topliss-reactive ketones (excluding diaryl/α,β-unsaturated/α-hetero) is 1. The molecule has 176 valence electrons. The van der Waals surface area contributed by atoms with Crippen molar-refractivity contribution in [1.82, 2.24) is 9.97 Å². The quantitative estimate of drug-likeness (QED) is 0.414. The molecule has 1 aliphatic heterocycles. The molecule has 0 aliphatic carbocycles. The third-order valence-corrected chi connectivity index (χ3v) is 6.91. The number of carbonyl (C=O) groups is 1. The predicted molar refractivity (Wildman–Crippen MR) is 125 cm³/mol. The molecule has 0 bridgehead atoms. The SMILES string of the molecule is Cc1csc(-c2cc(N3CCC[C@H]3C(=O)CCCc3ccc(C#N)cc3)nc(C(F)(F)F)n2)c1. The maximum absolute atomic E-state index is 13.6. The van der Waals surface area contributed by atoms with E-state index in [0.29, 0.717) is 49.1 Å². The lowest BCUT2D eigenvalue weighted by molar-refractivity contribution is -0.144. The second-order valence-electron chi connectivity index (χ2n) is 8.40. The second kappa shape index (κ2) is 9.94. The molecule has 5 nitrogen and oxygen atoms in total. The average Bonchev–Trinajstić information content (AvgIpc) is 3.48. The third-order valence-electron chi connectivity index (χ3n) is 5.84. The molecule has 0 radical (unpaired) electrons. The van der Waals surface area contributed by atoms with Crippen molar-refractivity contribution in [2.45, 2.75) is 51.2 Å². The van der Waals surface area contributed by atoms with Crippen molar-refractivity contribution in [2.75, 3.05) is 11.4 Å². The summed E-state index contributed by atoms with van der Waals surface area (Å²) in [6.45, 7) is 2.35. The van der Waals surface area contributed by atoms with Gasteiger partial charge in [-0.3, -0.25) is 4.79 Å². The fraction of sp³-hybridized carbons (Fsp3) is 0.360. The molecule has 0 amide bonds. The Bertz CT molecular complexity index is 1210. The van der Waals surface area contributed by atoms with Crippen LogP contribution < -0.4 is 4.90 Å². The minimum absolute atomic E-state index is 0.00633. The van der Waals surface area contributed by atoms with Gasteiger partial charge in [-0.15, -0.1) is 11.3 Å². The van der Waals surface area contributed by atoms with Gasteiger partial charge >= 0.3 is 6.18 Å². The number of aryl methyl sites for hydroxylation is 2. The predicted octanol–water partition coefficient (Wildman–Crippen LogP) is 5.96. The van der Waals surface area contributed by atoms with Crippen LogP contribution in [0.5, 0.6) is 0 Å². The van der Waals surface area contributed by atoms with Crippen LogP contribution in [0.1, 0.15) is 48.2 Å². The number of hydrogen-bond donors (Lipinski definition) is 0. The number of hydrogen-bond acceptors (Lipinski definition) is 6. The topological polar surface area (TPSA) is 69.9 Å². The molecule has 0 N–H and O–H groups in total. The number of thiophene rings is 1. The summed E-state index contributed by atoms with van der Waals surface area (Å²) in [5.41, 5.74) is 2.79. The number of nitriles is 1. The van der Waals surface area contributed by atoms with Gasteiger partial charge in [0.05, 0.1) is 28.2 Å². The molecular formula is C25H23F3N4OS. The van der Waals surface area contributed by atoms with E-state index in [-0.39, 0.29) is 17.3 Å². The zero-order chi connectivity index (χ0) is 24.3. The Morgan fingerprint density at radius 2 is 2.00 bits per heavy atom. The molecule has 9 heteroatoms. The lowest BCUT2D eigenvalue weighted by Crippen LogP contribution is -2.37. The minimum atomic E-state index is -4.68. The maximum Gasteiger partial charge on any atom is 0.451 e. The van der Waals surface area contributed by atoms with Gasteiger partial charge in [0, 0.05) is 19.0 Å². The van der Waals surface area contributed by atoms with Crippen molar-refractivity contribution in [3.05, 3.63) is 64.3 Å². The first-order chi connectivity index (χ1) is 16.2. The van der Waals surface area contributed by atoms with E-state index in [1.54, 1.807) is 29.2 Å². The summed E-state index contributed by atoms with van der Waals surface area (Å²) >= 11 is 1.33. The summed E-state index contributed by atoms with van der Waals surface area (Å²) in [7, 11) is 0. The van der Waals surface area contributed by atoms with Crippen molar-refractivity contribution in [1.29, 1.82) is 5.26 Å². The third kappa shape index (κ3) is 5.45. The number of halogens is 3. The van der Waals surface area contributed by atoms with Gasteiger partial charge < -0.3 is 4.90 Å². The van der Waals surface area contributed by atoms with Crippen LogP contribution >= 0.6 is 11.3 Å². The highest BCUT2D eigenvalue weighted by Crippen LogP contribution is 2.35. The van der Waals surface area contributed by atoms with Gasteiger partial charge in [-0.25, -0.2) is 9.97 Å². The Morgan fingerprint density at radius 1 is 1.24 bits per heavy atom. The summed E-state index contributed by atoms with van der Waals surface area (Å²) in [6, 6.07) is 12.2. The molecule has 0 unspecified atom stereocenters. The van der Waals surface area contributed by atoms with Crippen LogP contribution in [0.4, 0.5) is 19.0 Å². The standard InChI is InChI=1S/C25H23F3N4OS/c1-16-12-22(34-15-16)19-13-23(31-24(30-19)25(26,27)28)32-11-3-5-20(32)21(33)6-2-4-17-7-9-18(14-29)10-8-17/h7-10,12-13,15,20H,2-6,11H2,1H3/t20-/m0/s1. The summed E-state index contributed by atoms with van der Waals surface area (Å²) in [5, 5.41) is 10.8. The molecule has 1 aromatic carbocycles. The maximum atomic E-state index is 13.6. The fourth-order valence-electron chi connectivity index (χ4n) is 4.16. The van der Waals surface area contributed by atoms with Crippen LogP contribution in [0.25, 0.3) is 10.6 Å². The van der Waals surface area contributed by atoms with Crippen LogP contribution in [0.2, 0.25) is 0 Å². The lowest BCUT2D eigenvalue weighted by Gasteiger charge is -2.25. The van der Waals surface area contributed by atoms with Gasteiger partial charge in [0.2, 0.25) is 5.82 Å². The Hall–Kier alpha value is -3.25. The van der Waals surface area contributed by atoms with Gasteiger partial charge in [-0.2, -0.15) is 18.4 Å². The molecule has 3 aromatic rings. The van der Waals surface area contributed by atoms with Crippen molar-refractivity contribution in [2.24, 2.45) is 0 Å². The van der Waals surface area contributed by atoms with E-state index in [1.807, 2.05) is 24.4 Å². The Kier molecular flexibility index (Phi) is 6.98. The fourth-order valence-corrected chi connectivity index (χ4v) is 5.02. The molecule has 1 aliphatic rings. The molecule has 1 saturated heterocycles. The van der Waals surface area contributed by atoms with Crippen molar-refractivity contribution in [3.8, 4) is 16.6 Å². The second-order valence-corrected chi connectivity index (χ2v) is 9.31. The highest BCUT2D eigenvalue weighted by atomic mass is 32.1. The Balaban J connectivity index is 1.51. The largest absolute Gasteiger partial charge is 0.451 e. The number of alkyl halides is 3. The minimum Gasteiger partial charge on any atom is -0.346 e. The molecule has 1 fully saturated rings. The lowest BCUT2D eigenvalue weighted by atomic mass is 10.0. The van der Waals surface area contributed by atoms with Crippen molar-refractivity contribution in [3.63, 3.8) is 0 Å². The van der Waals surface area contributed by atoms with E-state index in [9.17, 15) is 18.0 Å². The monoisotopic (exact) mass is 484 g/mol. The Morgan fingerprint density at radius 3 is 2.65 bits per heavy atom. The molecule has 4 rings (SSSR count). The van der Waals surface area contributed by atoms with Gasteiger partial charge in [-0.05, 0) is 67.3 Å². The highest BCUT2D eigenvalue weighted by Gasteiger charge is 2.38. The zero-order valence-corrected chi connectivity index (χ0v) is 19.4. The molecule has 1 atom stereocenters. The van der Waals surface area contributed by atoms with Crippen molar-refractivity contribution >= 4 is 22.9 Å². The molecule has 2 aromatic heterocycles. The normalized spacial score (nSPS) is 16.0. The summed E-state index contributed by atoms with van der Waals surface area (Å²) in [5.74, 6) is -1.04. The van der Waals surface area contributed by atoms with Gasteiger partial charge in [0.25, 0.3) is 0 Å². The van der Waals surface area contributed by atoms with Crippen molar-refractivity contribution < 1.29 is 18.0 Å². The first-order valence-electron chi connectivity index (χ1n) is 11.0. The van der Waals surface area contributed by atoms with Gasteiger partial charge in [-0.1, -0.05) is 12.1 Å². The van der Waals surface area contributed by atoms with Crippen LogP contribution in [0.15, 0.2) is 41.8 Å². The zero-order valence-electron chi connectivity index (χ0n) is 18.6. The number of ketones is 1. The van der Waals surface area contributed by atoms with E-state index in [0.717, 1.165) is 11.1 Å². The van der Waals surface area contributed by atoms with Gasteiger partial charge in [0.15, 0.2) is 5.78 Å². The van der Waals surface area contributed by atoms with E-state index in [1.165, 1.54) is 11.3 Å². The summed E-state index contributed by atoms with van der Waals surface area (Å²) in [6.07, 6.45) is -1.73. The van der Waals surface area contributed by atoms with Crippen LogP contribution in [0, 0.1) is 18.3 Å². The molecular weight excluding hydrogens is 461 g/mol. The number of anilines is 1. The smallest absolute Gasteiger partial charge is 0.346 e. The first-order valence-corrected chi connectivity index (χ1v) is 11.9. The number of rotatable bonds is 7. The number of benzene rings is 1. The molecule has 0 saturated carbocycles. The molecule has 3 heterocycles. The van der Waals surface area contributed by atoms with E-state index in [4.69, 9.17) is 5.26 Å². The summed E-state index contributed by atoms with van der Waals surface area (Å²) in [4.78, 5) is 22.9. The first kappa shape index (κ1) is 23.9. The van der Waals surface area contributed by atoms with Crippen LogP contribution in [-0.4, -0.2) is 28.3 Å². The molecule has 34 heavy (non-hydrogen) atoms. The number of aromatic nitrogens is 2. The van der Waals surface area contributed by atoms with Gasteiger partial charge in [0.1, 0.15) is 5.82 Å². The van der Waals surface area contributed by atoms with E-state index >= 15 is 0 Å². The highest BCUT2D eigenvalue weighted by molar-refractivity contribution is 7.13. The number of nitrogens with zero attached hydrogens (tertiary/aromatic N) is 4. The summed E-state index contributed by atoms with van der Waals surface area (Å²) < 4.78 is 40.7. The number of carbonyl (C=O) groups excluding carboxylic acids is 1. The van der Waals surface area contributed by atoms with E-state index in [2.05, 4.69) is 16.0 Å². The Labute approximate surface area is 199 Å². The van der Waals surface area contributed by atoms with Crippen LogP contribution in [-0.2, 0) is 17.4 Å². The average molecular weight is 485 g/mol.